The highest BCUT2D eigenvalue weighted by Crippen LogP contribution is 2.27. The largest absolute Gasteiger partial charge is 0.0654 e. The average molecular weight is 198 g/mol. The van der Waals surface area contributed by atoms with Crippen molar-refractivity contribution in [2.45, 2.75) is 67.2 Å². The van der Waals surface area contributed by atoms with Gasteiger partial charge in [-0.2, -0.15) is 0 Å². The minimum atomic E-state index is 0.843. The Morgan fingerprint density at radius 2 is 1.36 bits per heavy atom. The monoisotopic (exact) mass is 198 g/mol. The molecule has 3 atom stereocenters. The van der Waals surface area contributed by atoms with Gasteiger partial charge < -0.3 is 0 Å². The van der Waals surface area contributed by atoms with Gasteiger partial charge in [-0.3, -0.25) is 0 Å². The minimum absolute atomic E-state index is 0.843. The fraction of sp³-hybridized carbons (Fsp3) is 1.00. The summed E-state index contributed by atoms with van der Waals surface area (Å²) in [4.78, 5) is 0. The highest BCUT2D eigenvalue weighted by molar-refractivity contribution is 4.67. The lowest BCUT2D eigenvalue weighted by Gasteiger charge is -2.25. The Hall–Kier alpha value is 0. The third-order valence-electron chi connectivity index (χ3n) is 3.87. The zero-order chi connectivity index (χ0) is 11.1. The maximum atomic E-state index is 2.43. The lowest BCUT2D eigenvalue weighted by molar-refractivity contribution is 0.260. The van der Waals surface area contributed by atoms with E-state index in [-0.39, 0.29) is 0 Å². The minimum Gasteiger partial charge on any atom is -0.0654 e. The summed E-state index contributed by atoms with van der Waals surface area (Å²) in [5.41, 5.74) is 0. The van der Waals surface area contributed by atoms with Gasteiger partial charge >= 0.3 is 0 Å². The summed E-state index contributed by atoms with van der Waals surface area (Å²) in [6, 6.07) is 0. The maximum absolute atomic E-state index is 2.43. The Morgan fingerprint density at radius 1 is 0.786 bits per heavy atom. The van der Waals surface area contributed by atoms with Gasteiger partial charge in [0.15, 0.2) is 0 Å². The van der Waals surface area contributed by atoms with E-state index in [1.807, 2.05) is 0 Å². The Kier molecular flexibility index (Phi) is 7.31. The quantitative estimate of drug-likeness (QED) is 0.532. The van der Waals surface area contributed by atoms with Gasteiger partial charge in [0.2, 0.25) is 0 Å². The standard InChI is InChI=1S/C14H30/c1-7-8-9-12(4)14(6)10-13(5)11(2)3/h11-14H,7-10H2,1-6H3. The summed E-state index contributed by atoms with van der Waals surface area (Å²) >= 11 is 0. The molecule has 0 aromatic heterocycles. The molecular weight excluding hydrogens is 168 g/mol. The van der Waals surface area contributed by atoms with Crippen LogP contribution in [0.3, 0.4) is 0 Å². The molecule has 0 bridgehead atoms. The van der Waals surface area contributed by atoms with E-state index in [0.29, 0.717) is 0 Å². The number of hydrogen-bond acceptors (Lipinski definition) is 0. The van der Waals surface area contributed by atoms with Crippen LogP contribution >= 0.6 is 0 Å². The summed E-state index contributed by atoms with van der Waals surface area (Å²) in [6.45, 7) is 14.2. The molecule has 0 N–H and O–H groups in total. The van der Waals surface area contributed by atoms with Gasteiger partial charge in [-0.25, -0.2) is 0 Å². The Labute approximate surface area is 91.5 Å². The SMILES string of the molecule is CCCCC(C)C(C)CC(C)C(C)C. The van der Waals surface area contributed by atoms with Crippen molar-refractivity contribution in [2.75, 3.05) is 0 Å². The van der Waals surface area contributed by atoms with E-state index < -0.39 is 0 Å². The van der Waals surface area contributed by atoms with Gasteiger partial charge in [-0.1, -0.05) is 60.8 Å². The molecule has 0 spiro atoms. The molecule has 0 heterocycles. The van der Waals surface area contributed by atoms with Gasteiger partial charge in [-0.05, 0) is 30.1 Å². The van der Waals surface area contributed by atoms with Crippen molar-refractivity contribution in [3.63, 3.8) is 0 Å². The van der Waals surface area contributed by atoms with Crippen LogP contribution in [0.1, 0.15) is 67.2 Å². The lowest BCUT2D eigenvalue weighted by Crippen LogP contribution is -2.15. The van der Waals surface area contributed by atoms with Crippen molar-refractivity contribution in [1.82, 2.24) is 0 Å². The average Bonchev–Trinajstić information content (AvgIpc) is 2.13. The molecule has 0 aliphatic heterocycles. The van der Waals surface area contributed by atoms with Crippen molar-refractivity contribution in [2.24, 2.45) is 23.7 Å². The molecule has 0 nitrogen and oxygen atoms in total. The first kappa shape index (κ1) is 14.0. The maximum Gasteiger partial charge on any atom is -0.0414 e. The molecule has 0 aliphatic rings. The summed E-state index contributed by atoms with van der Waals surface area (Å²) in [5, 5.41) is 0. The Bertz CT molecular complexity index is 126. The molecule has 3 unspecified atom stereocenters. The second-order valence-corrected chi connectivity index (χ2v) is 5.55. The van der Waals surface area contributed by atoms with E-state index in [4.69, 9.17) is 0 Å². The van der Waals surface area contributed by atoms with E-state index in [9.17, 15) is 0 Å². The predicted molar refractivity (Wildman–Crippen MR) is 66.5 cm³/mol. The highest BCUT2D eigenvalue weighted by Gasteiger charge is 2.16. The normalized spacial score (nSPS) is 18.2. The molecule has 0 radical (unpaired) electrons. The van der Waals surface area contributed by atoms with Gasteiger partial charge in [0.1, 0.15) is 0 Å². The molecule has 0 heteroatoms. The molecule has 14 heavy (non-hydrogen) atoms. The molecule has 0 rings (SSSR count). The van der Waals surface area contributed by atoms with Crippen molar-refractivity contribution in [3.8, 4) is 0 Å². The summed E-state index contributed by atoms with van der Waals surface area (Å²) < 4.78 is 0. The van der Waals surface area contributed by atoms with Crippen molar-refractivity contribution >= 4 is 0 Å². The van der Waals surface area contributed by atoms with Crippen molar-refractivity contribution in [3.05, 3.63) is 0 Å². The first-order valence-electron chi connectivity index (χ1n) is 6.49. The highest BCUT2D eigenvalue weighted by atomic mass is 14.2. The van der Waals surface area contributed by atoms with Crippen LogP contribution in [-0.4, -0.2) is 0 Å². The smallest absolute Gasteiger partial charge is 0.0414 e. The fourth-order valence-corrected chi connectivity index (χ4v) is 1.90. The molecule has 0 saturated heterocycles. The first-order chi connectivity index (χ1) is 6.49. The second-order valence-electron chi connectivity index (χ2n) is 5.55. The van der Waals surface area contributed by atoms with E-state index in [0.717, 1.165) is 23.7 Å². The van der Waals surface area contributed by atoms with E-state index in [2.05, 4.69) is 41.5 Å². The third kappa shape index (κ3) is 5.67. The van der Waals surface area contributed by atoms with Crippen LogP contribution in [0.2, 0.25) is 0 Å². The third-order valence-corrected chi connectivity index (χ3v) is 3.87. The van der Waals surface area contributed by atoms with Crippen molar-refractivity contribution < 1.29 is 0 Å². The topological polar surface area (TPSA) is 0 Å². The summed E-state index contributed by atoms with van der Waals surface area (Å²) in [5.74, 6) is 3.54. The predicted octanol–water partition coefficient (Wildman–Crippen LogP) is 5.13. The molecule has 0 aromatic rings. The number of hydrogen-bond donors (Lipinski definition) is 0. The van der Waals surface area contributed by atoms with Gasteiger partial charge in [0.25, 0.3) is 0 Å². The van der Waals surface area contributed by atoms with Crippen LogP contribution in [0.5, 0.6) is 0 Å². The molecule has 86 valence electrons. The second kappa shape index (κ2) is 7.31. The van der Waals surface area contributed by atoms with Gasteiger partial charge in [0, 0.05) is 0 Å². The Balaban J connectivity index is 3.76. The summed E-state index contributed by atoms with van der Waals surface area (Å²) in [7, 11) is 0. The lowest BCUT2D eigenvalue weighted by atomic mass is 9.81. The van der Waals surface area contributed by atoms with Crippen LogP contribution in [0.4, 0.5) is 0 Å². The van der Waals surface area contributed by atoms with E-state index in [1.54, 1.807) is 0 Å². The molecule has 0 saturated carbocycles. The van der Waals surface area contributed by atoms with Crippen LogP contribution in [0.15, 0.2) is 0 Å². The molecule has 0 amide bonds. The molecule has 0 aromatic carbocycles. The van der Waals surface area contributed by atoms with E-state index in [1.165, 1.54) is 25.7 Å². The number of rotatable bonds is 7. The molecule has 0 aliphatic carbocycles. The zero-order valence-corrected chi connectivity index (χ0v) is 11.1. The van der Waals surface area contributed by atoms with Gasteiger partial charge in [0.05, 0.1) is 0 Å². The van der Waals surface area contributed by atoms with Crippen LogP contribution in [-0.2, 0) is 0 Å². The van der Waals surface area contributed by atoms with Crippen LogP contribution in [0.25, 0.3) is 0 Å². The zero-order valence-electron chi connectivity index (χ0n) is 11.1. The molecular formula is C14H30. The first-order valence-corrected chi connectivity index (χ1v) is 6.49. The summed E-state index contributed by atoms with van der Waals surface area (Å²) in [6.07, 6.45) is 5.57. The Morgan fingerprint density at radius 3 is 1.79 bits per heavy atom. The van der Waals surface area contributed by atoms with Gasteiger partial charge in [-0.15, -0.1) is 0 Å². The fourth-order valence-electron chi connectivity index (χ4n) is 1.90. The van der Waals surface area contributed by atoms with Crippen LogP contribution in [0, 0.1) is 23.7 Å². The van der Waals surface area contributed by atoms with E-state index >= 15 is 0 Å². The van der Waals surface area contributed by atoms with Crippen molar-refractivity contribution in [1.29, 1.82) is 0 Å². The molecule has 0 fully saturated rings. The van der Waals surface area contributed by atoms with Crippen LogP contribution < -0.4 is 0 Å². The number of unbranched alkanes of at least 4 members (excludes halogenated alkanes) is 1.